The Morgan fingerprint density at radius 2 is 2.17 bits per heavy atom. The molecule has 2 aromatic rings. The average molecular weight is 318 g/mol. The summed E-state index contributed by atoms with van der Waals surface area (Å²) in [6.45, 7) is 3.24. The Balaban J connectivity index is 2.12. The summed E-state index contributed by atoms with van der Waals surface area (Å²) < 4.78 is 5.13. The molecule has 0 radical (unpaired) electrons. The van der Waals surface area contributed by atoms with Gasteiger partial charge in [0.15, 0.2) is 0 Å². The van der Waals surface area contributed by atoms with Crippen molar-refractivity contribution in [2.75, 3.05) is 6.54 Å². The van der Waals surface area contributed by atoms with E-state index in [1.807, 2.05) is 6.92 Å². The number of amides is 1. The van der Waals surface area contributed by atoms with Crippen LogP contribution in [0.2, 0.25) is 0 Å². The van der Waals surface area contributed by atoms with Crippen molar-refractivity contribution in [1.29, 1.82) is 0 Å². The molecule has 1 aromatic heterocycles. The monoisotopic (exact) mass is 318 g/mol. The zero-order valence-electron chi connectivity index (χ0n) is 12.9. The highest BCUT2D eigenvalue weighted by atomic mass is 16.6. The van der Waals surface area contributed by atoms with Gasteiger partial charge in [-0.05, 0) is 31.5 Å². The van der Waals surface area contributed by atoms with E-state index in [4.69, 9.17) is 4.42 Å². The molecule has 0 saturated carbocycles. The lowest BCUT2D eigenvalue weighted by Crippen LogP contribution is -2.38. The molecule has 1 atom stereocenters. The number of nitrogens with one attached hydrogen (secondary N) is 1. The fraction of sp³-hybridized carbons (Fsp3) is 0.312. The number of rotatable bonds is 6. The summed E-state index contributed by atoms with van der Waals surface area (Å²) in [6, 6.07) is 7.59. The van der Waals surface area contributed by atoms with E-state index in [0.717, 1.165) is 0 Å². The van der Waals surface area contributed by atoms with E-state index in [0.29, 0.717) is 17.7 Å². The number of nitrogens with zero attached hydrogens (tertiary/aromatic N) is 1. The number of carbonyl (C=O) groups excluding carboxylic acids is 1. The summed E-state index contributed by atoms with van der Waals surface area (Å²) in [5, 5.41) is 23.9. The molecule has 1 aromatic carbocycles. The average Bonchev–Trinajstić information content (AvgIpc) is 3.07. The van der Waals surface area contributed by atoms with Crippen LogP contribution in [0.5, 0.6) is 0 Å². The first-order chi connectivity index (χ1) is 10.8. The molecule has 7 nitrogen and oxygen atoms in total. The molecule has 0 aliphatic rings. The van der Waals surface area contributed by atoms with Gasteiger partial charge in [-0.2, -0.15) is 0 Å². The van der Waals surface area contributed by atoms with Gasteiger partial charge in [0, 0.05) is 17.2 Å². The first-order valence-electron chi connectivity index (χ1n) is 7.17. The van der Waals surface area contributed by atoms with Crippen LogP contribution in [-0.2, 0) is 12.0 Å². The standard InChI is InChI=1S/C16H18N2O5/c1-3-11-6-7-12(9-13(11)18(21)22)15(19)17-10-16(2,20)14-5-4-8-23-14/h4-9,20H,3,10H2,1-2H3,(H,17,19). The van der Waals surface area contributed by atoms with Crippen LogP contribution in [0.3, 0.4) is 0 Å². The Morgan fingerprint density at radius 3 is 2.74 bits per heavy atom. The van der Waals surface area contributed by atoms with Crippen LogP contribution in [0, 0.1) is 10.1 Å². The predicted octanol–water partition coefficient (Wildman–Crippen LogP) is 2.39. The van der Waals surface area contributed by atoms with Gasteiger partial charge in [-0.1, -0.05) is 13.0 Å². The van der Waals surface area contributed by atoms with E-state index in [1.54, 1.807) is 18.2 Å². The van der Waals surface area contributed by atoms with Crippen LogP contribution in [0.15, 0.2) is 41.0 Å². The first-order valence-corrected chi connectivity index (χ1v) is 7.17. The SMILES string of the molecule is CCc1ccc(C(=O)NCC(C)(O)c2ccco2)cc1[N+](=O)[O-]. The molecule has 0 fully saturated rings. The molecule has 0 bridgehead atoms. The summed E-state index contributed by atoms with van der Waals surface area (Å²) in [7, 11) is 0. The molecule has 1 unspecified atom stereocenters. The Hall–Kier alpha value is -2.67. The predicted molar refractivity (Wildman–Crippen MR) is 83.1 cm³/mol. The third-order valence-corrected chi connectivity index (χ3v) is 3.57. The number of hydrogen-bond acceptors (Lipinski definition) is 5. The van der Waals surface area contributed by atoms with Crippen LogP contribution in [0.1, 0.15) is 35.5 Å². The van der Waals surface area contributed by atoms with Gasteiger partial charge in [-0.25, -0.2) is 0 Å². The highest BCUT2D eigenvalue weighted by Gasteiger charge is 2.27. The van der Waals surface area contributed by atoms with Crippen LogP contribution < -0.4 is 5.32 Å². The Labute approximate surface area is 133 Å². The van der Waals surface area contributed by atoms with Gasteiger partial charge in [0.25, 0.3) is 11.6 Å². The van der Waals surface area contributed by atoms with Gasteiger partial charge in [0.05, 0.1) is 17.7 Å². The fourth-order valence-corrected chi connectivity index (χ4v) is 2.20. The largest absolute Gasteiger partial charge is 0.466 e. The number of hydrogen-bond donors (Lipinski definition) is 2. The van der Waals surface area contributed by atoms with Gasteiger partial charge in [-0.3, -0.25) is 14.9 Å². The number of aryl methyl sites for hydroxylation is 1. The molecule has 122 valence electrons. The summed E-state index contributed by atoms with van der Waals surface area (Å²) in [6.07, 6.45) is 1.93. The minimum Gasteiger partial charge on any atom is -0.466 e. The third-order valence-electron chi connectivity index (χ3n) is 3.57. The van der Waals surface area contributed by atoms with Crippen molar-refractivity contribution >= 4 is 11.6 Å². The number of nitro benzene ring substituents is 1. The molecule has 2 rings (SSSR count). The highest BCUT2D eigenvalue weighted by Crippen LogP contribution is 2.22. The third kappa shape index (κ3) is 3.75. The highest BCUT2D eigenvalue weighted by molar-refractivity contribution is 5.95. The number of carbonyl (C=O) groups is 1. The molecule has 0 aliphatic carbocycles. The van der Waals surface area contributed by atoms with E-state index in [-0.39, 0.29) is 17.8 Å². The van der Waals surface area contributed by atoms with Crippen molar-refractivity contribution in [2.45, 2.75) is 25.9 Å². The lowest BCUT2D eigenvalue weighted by atomic mass is 10.0. The van der Waals surface area contributed by atoms with E-state index >= 15 is 0 Å². The quantitative estimate of drug-likeness (QED) is 0.628. The first kappa shape index (κ1) is 16.7. The van der Waals surface area contributed by atoms with Gasteiger partial charge in [0.1, 0.15) is 11.4 Å². The number of furan rings is 1. The van der Waals surface area contributed by atoms with E-state index in [2.05, 4.69) is 5.32 Å². The minimum absolute atomic E-state index is 0.0807. The van der Waals surface area contributed by atoms with Crippen molar-refractivity contribution in [2.24, 2.45) is 0 Å². The molecular formula is C16H18N2O5. The zero-order valence-corrected chi connectivity index (χ0v) is 12.9. The van der Waals surface area contributed by atoms with Gasteiger partial charge in [-0.15, -0.1) is 0 Å². The molecule has 1 heterocycles. The number of benzene rings is 1. The second-order valence-corrected chi connectivity index (χ2v) is 5.39. The van der Waals surface area contributed by atoms with Crippen LogP contribution in [0.25, 0.3) is 0 Å². The Kier molecular flexibility index (Phi) is 4.80. The molecule has 0 aliphatic heterocycles. The second-order valence-electron chi connectivity index (χ2n) is 5.39. The lowest BCUT2D eigenvalue weighted by molar-refractivity contribution is -0.385. The minimum atomic E-state index is -1.37. The maximum Gasteiger partial charge on any atom is 0.273 e. The van der Waals surface area contributed by atoms with Crippen molar-refractivity contribution in [1.82, 2.24) is 5.32 Å². The van der Waals surface area contributed by atoms with Gasteiger partial charge < -0.3 is 14.8 Å². The van der Waals surface area contributed by atoms with Gasteiger partial charge >= 0.3 is 0 Å². The molecule has 0 spiro atoms. The molecule has 23 heavy (non-hydrogen) atoms. The van der Waals surface area contributed by atoms with Crippen molar-refractivity contribution in [3.05, 3.63) is 63.6 Å². The molecule has 1 amide bonds. The van der Waals surface area contributed by atoms with E-state index in [9.17, 15) is 20.0 Å². The number of aliphatic hydroxyl groups is 1. The Bertz CT molecular complexity index is 707. The van der Waals surface area contributed by atoms with Crippen LogP contribution in [-0.4, -0.2) is 22.5 Å². The van der Waals surface area contributed by atoms with Crippen molar-refractivity contribution in [3.63, 3.8) is 0 Å². The topological polar surface area (TPSA) is 106 Å². The Morgan fingerprint density at radius 1 is 1.43 bits per heavy atom. The zero-order chi connectivity index (χ0) is 17.0. The molecule has 0 saturated heterocycles. The molecule has 7 heteroatoms. The second kappa shape index (κ2) is 6.62. The summed E-state index contributed by atoms with van der Waals surface area (Å²) in [5.74, 6) is -0.173. The molecule has 2 N–H and O–H groups in total. The fourth-order valence-electron chi connectivity index (χ4n) is 2.20. The van der Waals surface area contributed by atoms with Gasteiger partial charge in [0.2, 0.25) is 0 Å². The summed E-state index contributed by atoms with van der Waals surface area (Å²) in [4.78, 5) is 22.7. The van der Waals surface area contributed by atoms with Crippen molar-refractivity contribution < 1.29 is 19.2 Å². The smallest absolute Gasteiger partial charge is 0.273 e. The molecular weight excluding hydrogens is 300 g/mol. The number of nitro groups is 1. The van der Waals surface area contributed by atoms with Crippen LogP contribution >= 0.6 is 0 Å². The lowest BCUT2D eigenvalue weighted by Gasteiger charge is -2.21. The van der Waals surface area contributed by atoms with Crippen molar-refractivity contribution in [3.8, 4) is 0 Å². The summed E-state index contributed by atoms with van der Waals surface area (Å²) >= 11 is 0. The normalized spacial score (nSPS) is 13.3. The van der Waals surface area contributed by atoms with Crippen LogP contribution in [0.4, 0.5) is 5.69 Å². The maximum atomic E-state index is 12.2. The maximum absolute atomic E-state index is 12.2. The van der Waals surface area contributed by atoms with E-state index < -0.39 is 16.4 Å². The summed E-state index contributed by atoms with van der Waals surface area (Å²) in [5.41, 5.74) is -0.717. The van der Waals surface area contributed by atoms with E-state index in [1.165, 1.54) is 25.3 Å².